The van der Waals surface area contributed by atoms with Gasteiger partial charge in [-0.3, -0.25) is 0 Å². The molecule has 0 aromatic heterocycles. The van der Waals surface area contributed by atoms with Crippen molar-refractivity contribution >= 4 is 0 Å². The number of benzene rings is 1. The van der Waals surface area contributed by atoms with Gasteiger partial charge in [-0.15, -0.1) is 0 Å². The second kappa shape index (κ2) is 6.35. The molecule has 2 nitrogen and oxygen atoms in total. The lowest BCUT2D eigenvalue weighted by Crippen LogP contribution is -2.22. The van der Waals surface area contributed by atoms with E-state index in [1.807, 2.05) is 0 Å². The Hall–Kier alpha value is -0.860. The van der Waals surface area contributed by atoms with Gasteiger partial charge in [-0.25, -0.2) is 0 Å². The third-order valence-electron chi connectivity index (χ3n) is 4.00. The van der Waals surface area contributed by atoms with E-state index in [9.17, 15) is 0 Å². The standard InChI is InChI=1S/C16H25NO/c1-12-6-13(2)8-14(7-12)10-18-11-16-5-3-4-15(16)9-17/h6-8,15-16H,3-5,9-11,17H2,1-2H3. The molecule has 0 saturated heterocycles. The van der Waals surface area contributed by atoms with Gasteiger partial charge >= 0.3 is 0 Å². The molecule has 1 aromatic rings. The number of nitrogens with two attached hydrogens (primary N) is 1. The largest absolute Gasteiger partial charge is 0.376 e. The summed E-state index contributed by atoms with van der Waals surface area (Å²) >= 11 is 0. The molecule has 18 heavy (non-hydrogen) atoms. The molecule has 0 radical (unpaired) electrons. The van der Waals surface area contributed by atoms with Gasteiger partial charge in [0, 0.05) is 0 Å². The van der Waals surface area contributed by atoms with Gasteiger partial charge in [0.2, 0.25) is 0 Å². The van der Waals surface area contributed by atoms with E-state index < -0.39 is 0 Å². The average Bonchev–Trinajstić information content (AvgIpc) is 2.75. The highest BCUT2D eigenvalue weighted by molar-refractivity contribution is 5.27. The molecule has 0 bridgehead atoms. The van der Waals surface area contributed by atoms with E-state index in [-0.39, 0.29) is 0 Å². The predicted molar refractivity (Wildman–Crippen MR) is 75.5 cm³/mol. The van der Waals surface area contributed by atoms with Crippen molar-refractivity contribution in [3.05, 3.63) is 34.9 Å². The molecule has 2 atom stereocenters. The van der Waals surface area contributed by atoms with Crippen LogP contribution in [-0.4, -0.2) is 13.2 Å². The van der Waals surface area contributed by atoms with Gasteiger partial charge in [0.15, 0.2) is 0 Å². The molecule has 0 aliphatic heterocycles. The Morgan fingerprint density at radius 3 is 2.44 bits per heavy atom. The molecule has 1 saturated carbocycles. The lowest BCUT2D eigenvalue weighted by molar-refractivity contribution is 0.0753. The molecule has 2 unspecified atom stereocenters. The van der Waals surface area contributed by atoms with Crippen LogP contribution in [0.25, 0.3) is 0 Å². The fraction of sp³-hybridized carbons (Fsp3) is 0.625. The van der Waals surface area contributed by atoms with Crippen LogP contribution in [0.2, 0.25) is 0 Å². The van der Waals surface area contributed by atoms with Gasteiger partial charge in [-0.1, -0.05) is 35.7 Å². The van der Waals surface area contributed by atoms with Crippen molar-refractivity contribution in [2.24, 2.45) is 17.6 Å². The fourth-order valence-electron chi connectivity index (χ4n) is 3.12. The summed E-state index contributed by atoms with van der Waals surface area (Å²) < 4.78 is 5.89. The van der Waals surface area contributed by atoms with E-state index >= 15 is 0 Å². The van der Waals surface area contributed by atoms with Crippen LogP contribution in [0.5, 0.6) is 0 Å². The Labute approximate surface area is 111 Å². The van der Waals surface area contributed by atoms with Crippen LogP contribution in [0, 0.1) is 25.7 Å². The second-order valence-corrected chi connectivity index (χ2v) is 5.70. The molecule has 2 rings (SSSR count). The van der Waals surface area contributed by atoms with Crippen molar-refractivity contribution in [1.29, 1.82) is 0 Å². The fourth-order valence-corrected chi connectivity index (χ4v) is 3.12. The first-order valence-corrected chi connectivity index (χ1v) is 7.04. The van der Waals surface area contributed by atoms with E-state index in [4.69, 9.17) is 10.5 Å². The number of ether oxygens (including phenoxy) is 1. The molecule has 0 spiro atoms. The van der Waals surface area contributed by atoms with Crippen molar-refractivity contribution in [3.8, 4) is 0 Å². The smallest absolute Gasteiger partial charge is 0.0717 e. The number of hydrogen-bond donors (Lipinski definition) is 1. The van der Waals surface area contributed by atoms with Gasteiger partial charge < -0.3 is 10.5 Å². The number of rotatable bonds is 5. The Kier molecular flexibility index (Phi) is 4.79. The highest BCUT2D eigenvalue weighted by Gasteiger charge is 2.25. The van der Waals surface area contributed by atoms with E-state index in [0.717, 1.165) is 19.8 Å². The molecule has 2 N–H and O–H groups in total. The molecule has 1 fully saturated rings. The molecule has 100 valence electrons. The summed E-state index contributed by atoms with van der Waals surface area (Å²) in [6, 6.07) is 6.62. The summed E-state index contributed by atoms with van der Waals surface area (Å²) in [5.74, 6) is 1.37. The third kappa shape index (κ3) is 3.56. The van der Waals surface area contributed by atoms with Gasteiger partial charge in [-0.05, 0) is 50.6 Å². The van der Waals surface area contributed by atoms with Crippen LogP contribution in [0.1, 0.15) is 36.0 Å². The van der Waals surface area contributed by atoms with Gasteiger partial charge in [0.1, 0.15) is 0 Å². The maximum atomic E-state index is 5.89. The van der Waals surface area contributed by atoms with Crippen molar-refractivity contribution < 1.29 is 4.74 Å². The minimum Gasteiger partial charge on any atom is -0.376 e. The Balaban J connectivity index is 1.81. The topological polar surface area (TPSA) is 35.2 Å². The van der Waals surface area contributed by atoms with E-state index in [0.29, 0.717) is 11.8 Å². The maximum absolute atomic E-state index is 5.89. The quantitative estimate of drug-likeness (QED) is 0.867. The van der Waals surface area contributed by atoms with E-state index in [1.54, 1.807) is 0 Å². The van der Waals surface area contributed by atoms with Crippen LogP contribution < -0.4 is 5.73 Å². The Bertz CT molecular complexity index is 368. The zero-order valence-electron chi connectivity index (χ0n) is 11.6. The predicted octanol–water partition coefficient (Wildman–Crippen LogP) is 3.20. The van der Waals surface area contributed by atoms with E-state index in [1.165, 1.54) is 36.0 Å². The van der Waals surface area contributed by atoms with Crippen LogP contribution in [0.3, 0.4) is 0 Å². The number of aryl methyl sites for hydroxylation is 2. The van der Waals surface area contributed by atoms with Crippen molar-refractivity contribution in [1.82, 2.24) is 0 Å². The molecular formula is C16H25NO. The van der Waals surface area contributed by atoms with Crippen molar-refractivity contribution in [2.45, 2.75) is 39.7 Å². The van der Waals surface area contributed by atoms with Crippen LogP contribution in [0.15, 0.2) is 18.2 Å². The van der Waals surface area contributed by atoms with Gasteiger partial charge in [-0.2, -0.15) is 0 Å². The lowest BCUT2D eigenvalue weighted by Gasteiger charge is -2.17. The molecule has 1 aromatic carbocycles. The van der Waals surface area contributed by atoms with Gasteiger partial charge in [0.25, 0.3) is 0 Å². The normalized spacial score (nSPS) is 23.5. The monoisotopic (exact) mass is 247 g/mol. The summed E-state index contributed by atoms with van der Waals surface area (Å²) in [6.07, 6.45) is 3.89. The molecule has 0 amide bonds. The SMILES string of the molecule is Cc1cc(C)cc(COCC2CCCC2CN)c1. The summed E-state index contributed by atoms with van der Waals surface area (Å²) in [7, 11) is 0. The highest BCUT2D eigenvalue weighted by atomic mass is 16.5. The molecular weight excluding hydrogens is 222 g/mol. The van der Waals surface area contributed by atoms with E-state index in [2.05, 4.69) is 32.0 Å². The minimum atomic E-state index is 0.681. The first-order valence-electron chi connectivity index (χ1n) is 7.04. The summed E-state index contributed by atoms with van der Waals surface area (Å²) in [5, 5.41) is 0. The zero-order valence-corrected chi connectivity index (χ0v) is 11.6. The highest BCUT2D eigenvalue weighted by Crippen LogP contribution is 2.31. The second-order valence-electron chi connectivity index (χ2n) is 5.70. The Morgan fingerprint density at radius 1 is 1.11 bits per heavy atom. The first-order chi connectivity index (χ1) is 8.69. The van der Waals surface area contributed by atoms with Crippen LogP contribution in [0.4, 0.5) is 0 Å². The summed E-state index contributed by atoms with van der Waals surface area (Å²) in [5.41, 5.74) is 9.71. The molecule has 1 aliphatic carbocycles. The lowest BCUT2D eigenvalue weighted by atomic mass is 9.97. The Morgan fingerprint density at radius 2 is 1.78 bits per heavy atom. The van der Waals surface area contributed by atoms with Crippen LogP contribution in [-0.2, 0) is 11.3 Å². The first kappa shape index (κ1) is 13.6. The average molecular weight is 247 g/mol. The van der Waals surface area contributed by atoms with Crippen LogP contribution >= 0.6 is 0 Å². The summed E-state index contributed by atoms with van der Waals surface area (Å²) in [4.78, 5) is 0. The molecule has 2 heteroatoms. The maximum Gasteiger partial charge on any atom is 0.0717 e. The zero-order chi connectivity index (χ0) is 13.0. The molecule has 1 aliphatic rings. The van der Waals surface area contributed by atoms with Crippen molar-refractivity contribution in [3.63, 3.8) is 0 Å². The summed E-state index contributed by atoms with van der Waals surface area (Å²) in [6.45, 7) is 6.69. The minimum absolute atomic E-state index is 0.681. The molecule has 0 heterocycles. The van der Waals surface area contributed by atoms with Crippen molar-refractivity contribution in [2.75, 3.05) is 13.2 Å². The van der Waals surface area contributed by atoms with Gasteiger partial charge in [0.05, 0.1) is 13.2 Å². The number of hydrogen-bond acceptors (Lipinski definition) is 2. The third-order valence-corrected chi connectivity index (χ3v) is 4.00.